The number of nitrogen functional groups attached to an aromatic ring is 1. The maximum atomic E-state index is 5.94. The highest BCUT2D eigenvalue weighted by atomic mass is 35.5. The van der Waals surface area contributed by atoms with E-state index in [1.54, 1.807) is 18.3 Å². The summed E-state index contributed by atoms with van der Waals surface area (Å²) in [4.78, 5) is 4.25. The molecule has 0 aliphatic carbocycles. The predicted molar refractivity (Wildman–Crippen MR) is 62.4 cm³/mol. The molecule has 0 amide bonds. The maximum Gasteiger partial charge on any atom is 0.112 e. The highest BCUT2D eigenvalue weighted by Gasteiger charge is 2.06. The molecule has 3 nitrogen and oxygen atoms in total. The predicted octanol–water partition coefficient (Wildman–Crippen LogP) is 2.67. The molecular weight excluding hydrogens is 210 g/mol. The van der Waals surface area contributed by atoms with Crippen LogP contribution in [0.3, 0.4) is 0 Å². The fourth-order valence-corrected chi connectivity index (χ4v) is 1.71. The summed E-state index contributed by atoms with van der Waals surface area (Å²) in [6.45, 7) is 2.06. The fraction of sp³-hybridized carbons (Fsp3) is 0.182. The molecule has 4 heteroatoms. The van der Waals surface area contributed by atoms with Crippen LogP contribution in [0.25, 0.3) is 5.69 Å². The molecule has 0 saturated carbocycles. The van der Waals surface area contributed by atoms with Crippen molar-refractivity contribution in [3.63, 3.8) is 0 Å². The zero-order valence-corrected chi connectivity index (χ0v) is 9.20. The normalized spacial score (nSPS) is 10.5. The number of nitrogens with two attached hydrogens (primary N) is 1. The molecule has 0 fully saturated rings. The van der Waals surface area contributed by atoms with Crippen LogP contribution in [0.5, 0.6) is 0 Å². The molecule has 0 bridgehead atoms. The Labute approximate surface area is 93.5 Å². The van der Waals surface area contributed by atoms with Gasteiger partial charge in [-0.2, -0.15) is 0 Å². The Morgan fingerprint density at radius 1 is 1.47 bits per heavy atom. The van der Waals surface area contributed by atoms with Crippen molar-refractivity contribution in [3.8, 4) is 5.69 Å². The molecule has 0 spiro atoms. The van der Waals surface area contributed by atoms with Gasteiger partial charge in [0, 0.05) is 23.8 Å². The van der Waals surface area contributed by atoms with Crippen molar-refractivity contribution in [1.29, 1.82) is 0 Å². The van der Waals surface area contributed by atoms with Gasteiger partial charge in [-0.1, -0.05) is 18.5 Å². The van der Waals surface area contributed by atoms with Crippen LogP contribution < -0.4 is 5.73 Å². The van der Waals surface area contributed by atoms with E-state index in [1.165, 1.54) is 0 Å². The topological polar surface area (TPSA) is 43.8 Å². The van der Waals surface area contributed by atoms with E-state index in [0.29, 0.717) is 10.7 Å². The second-order valence-electron chi connectivity index (χ2n) is 3.27. The van der Waals surface area contributed by atoms with Crippen LogP contribution in [0.15, 0.2) is 30.6 Å². The minimum Gasteiger partial charge on any atom is -0.397 e. The van der Waals surface area contributed by atoms with Gasteiger partial charge < -0.3 is 10.3 Å². The van der Waals surface area contributed by atoms with Crippen LogP contribution in [-0.2, 0) is 6.42 Å². The van der Waals surface area contributed by atoms with E-state index in [9.17, 15) is 0 Å². The van der Waals surface area contributed by atoms with E-state index in [2.05, 4.69) is 11.9 Å². The van der Waals surface area contributed by atoms with E-state index >= 15 is 0 Å². The number of imidazole rings is 1. The lowest BCUT2D eigenvalue weighted by Gasteiger charge is -2.09. The van der Waals surface area contributed by atoms with Gasteiger partial charge in [0.25, 0.3) is 0 Å². The van der Waals surface area contributed by atoms with Crippen molar-refractivity contribution >= 4 is 17.3 Å². The minimum absolute atomic E-state index is 0.676. The van der Waals surface area contributed by atoms with E-state index in [4.69, 9.17) is 17.3 Å². The number of hydrogen-bond acceptors (Lipinski definition) is 2. The highest BCUT2D eigenvalue weighted by molar-refractivity contribution is 6.30. The zero-order valence-electron chi connectivity index (χ0n) is 8.44. The molecule has 15 heavy (non-hydrogen) atoms. The monoisotopic (exact) mass is 221 g/mol. The Kier molecular flexibility index (Phi) is 2.64. The first-order valence-corrected chi connectivity index (χ1v) is 5.17. The quantitative estimate of drug-likeness (QED) is 0.793. The van der Waals surface area contributed by atoms with Gasteiger partial charge in [-0.25, -0.2) is 4.98 Å². The molecule has 2 N–H and O–H groups in total. The molecule has 0 aliphatic heterocycles. The SMILES string of the molecule is CCc1nccn1-c1cc(Cl)ccc1N. The third-order valence-corrected chi connectivity index (χ3v) is 2.52. The number of hydrogen-bond donors (Lipinski definition) is 1. The van der Waals surface area contributed by atoms with Crippen molar-refractivity contribution in [1.82, 2.24) is 9.55 Å². The lowest BCUT2D eigenvalue weighted by Crippen LogP contribution is -2.02. The highest BCUT2D eigenvalue weighted by Crippen LogP contribution is 2.22. The van der Waals surface area contributed by atoms with Gasteiger partial charge in [-0.15, -0.1) is 0 Å². The molecule has 0 saturated heterocycles. The van der Waals surface area contributed by atoms with Crippen LogP contribution in [0, 0.1) is 0 Å². The first-order chi connectivity index (χ1) is 7.22. The van der Waals surface area contributed by atoms with Crippen molar-refractivity contribution in [3.05, 3.63) is 41.4 Å². The number of anilines is 1. The second-order valence-corrected chi connectivity index (χ2v) is 3.71. The van der Waals surface area contributed by atoms with E-state index in [1.807, 2.05) is 16.8 Å². The average molecular weight is 222 g/mol. The number of nitrogens with zero attached hydrogens (tertiary/aromatic N) is 2. The molecule has 78 valence electrons. The standard InChI is InChI=1S/C11H12ClN3/c1-2-11-14-5-6-15(11)10-7-8(12)3-4-9(10)13/h3-7H,2,13H2,1H3. The summed E-state index contributed by atoms with van der Waals surface area (Å²) >= 11 is 5.94. The molecule has 0 atom stereocenters. The summed E-state index contributed by atoms with van der Waals surface area (Å²) in [6.07, 6.45) is 4.51. The van der Waals surface area contributed by atoms with Crippen LogP contribution in [-0.4, -0.2) is 9.55 Å². The molecule has 1 heterocycles. The Morgan fingerprint density at radius 3 is 3.00 bits per heavy atom. The largest absolute Gasteiger partial charge is 0.397 e. The van der Waals surface area contributed by atoms with Crippen molar-refractivity contribution in [2.45, 2.75) is 13.3 Å². The van der Waals surface area contributed by atoms with E-state index in [-0.39, 0.29) is 0 Å². The average Bonchev–Trinajstić information content (AvgIpc) is 2.69. The third kappa shape index (κ3) is 1.83. The van der Waals surface area contributed by atoms with Crippen LogP contribution in [0.2, 0.25) is 5.02 Å². The summed E-state index contributed by atoms with van der Waals surface area (Å²) in [5.41, 5.74) is 7.48. The van der Waals surface area contributed by atoms with Gasteiger partial charge in [0.1, 0.15) is 5.82 Å². The van der Waals surface area contributed by atoms with E-state index in [0.717, 1.165) is 17.9 Å². The van der Waals surface area contributed by atoms with Gasteiger partial charge in [0.05, 0.1) is 11.4 Å². The van der Waals surface area contributed by atoms with Gasteiger partial charge in [0.2, 0.25) is 0 Å². The van der Waals surface area contributed by atoms with Crippen molar-refractivity contribution in [2.24, 2.45) is 0 Å². The molecule has 1 aromatic heterocycles. The number of halogens is 1. The lowest BCUT2D eigenvalue weighted by atomic mass is 10.2. The number of aryl methyl sites for hydroxylation is 1. The van der Waals surface area contributed by atoms with Gasteiger partial charge in [0.15, 0.2) is 0 Å². The molecule has 1 aromatic carbocycles. The first-order valence-electron chi connectivity index (χ1n) is 4.80. The molecular formula is C11H12ClN3. The summed E-state index contributed by atoms with van der Waals surface area (Å²) in [5, 5.41) is 0.676. The number of rotatable bonds is 2. The van der Waals surface area contributed by atoms with Crippen LogP contribution in [0.4, 0.5) is 5.69 Å². The summed E-state index contributed by atoms with van der Waals surface area (Å²) in [6, 6.07) is 5.43. The number of aromatic nitrogens is 2. The Morgan fingerprint density at radius 2 is 2.27 bits per heavy atom. The van der Waals surface area contributed by atoms with Crippen molar-refractivity contribution < 1.29 is 0 Å². The lowest BCUT2D eigenvalue weighted by molar-refractivity contribution is 0.893. The Bertz CT molecular complexity index is 476. The van der Waals surface area contributed by atoms with Crippen molar-refractivity contribution in [2.75, 3.05) is 5.73 Å². The maximum absolute atomic E-state index is 5.94. The molecule has 2 aromatic rings. The smallest absolute Gasteiger partial charge is 0.112 e. The molecule has 0 unspecified atom stereocenters. The van der Waals surface area contributed by atoms with Crippen LogP contribution in [0.1, 0.15) is 12.7 Å². The summed E-state index contributed by atoms with van der Waals surface area (Å²) < 4.78 is 1.96. The Balaban J connectivity index is 2.58. The second kappa shape index (κ2) is 3.95. The van der Waals surface area contributed by atoms with E-state index < -0.39 is 0 Å². The summed E-state index contributed by atoms with van der Waals surface area (Å²) in [5.74, 6) is 0.976. The zero-order chi connectivity index (χ0) is 10.8. The third-order valence-electron chi connectivity index (χ3n) is 2.29. The molecule has 0 aliphatic rings. The number of benzene rings is 1. The van der Waals surface area contributed by atoms with Gasteiger partial charge in [-0.3, -0.25) is 0 Å². The van der Waals surface area contributed by atoms with Gasteiger partial charge >= 0.3 is 0 Å². The molecule has 2 rings (SSSR count). The van der Waals surface area contributed by atoms with Gasteiger partial charge in [-0.05, 0) is 18.2 Å². The fourth-order valence-electron chi connectivity index (χ4n) is 1.54. The minimum atomic E-state index is 0.676. The first kappa shape index (κ1) is 10.1. The Hall–Kier alpha value is -1.48. The summed E-state index contributed by atoms with van der Waals surface area (Å²) in [7, 11) is 0. The molecule has 0 radical (unpaired) electrons. The van der Waals surface area contributed by atoms with Crippen LogP contribution >= 0.6 is 11.6 Å².